The first-order chi connectivity index (χ1) is 9.22. The van der Waals surface area contributed by atoms with Crippen molar-refractivity contribution in [3.8, 4) is 0 Å². The van der Waals surface area contributed by atoms with E-state index >= 15 is 0 Å². The second-order valence-corrected chi connectivity index (χ2v) is 6.30. The molecular formula is C16H25N3. The van der Waals surface area contributed by atoms with Gasteiger partial charge in [0.1, 0.15) is 0 Å². The van der Waals surface area contributed by atoms with Gasteiger partial charge in [0.2, 0.25) is 0 Å². The number of rotatable bonds is 4. The van der Waals surface area contributed by atoms with Crippen LogP contribution in [-0.4, -0.2) is 56.6 Å². The minimum Gasteiger partial charge on any atom is -0.384 e. The Morgan fingerprint density at radius 2 is 2.16 bits per heavy atom. The first-order valence-corrected chi connectivity index (χ1v) is 7.42. The lowest BCUT2D eigenvalue weighted by Crippen LogP contribution is -2.31. The molecule has 0 amide bonds. The second-order valence-electron chi connectivity index (χ2n) is 6.30. The van der Waals surface area contributed by atoms with E-state index in [1.807, 2.05) is 0 Å². The molecule has 2 atom stereocenters. The Bertz CT molecular complexity index is 432. The van der Waals surface area contributed by atoms with E-state index in [-0.39, 0.29) is 0 Å². The summed E-state index contributed by atoms with van der Waals surface area (Å²) in [4.78, 5) is 4.98. The van der Waals surface area contributed by atoms with Gasteiger partial charge in [0, 0.05) is 37.8 Å². The molecule has 1 fully saturated rings. The molecule has 2 aliphatic rings. The molecule has 1 aromatic rings. The molecule has 0 spiro atoms. The molecule has 0 aliphatic carbocycles. The number of nitrogens with one attached hydrogen (secondary N) is 1. The summed E-state index contributed by atoms with van der Waals surface area (Å²) in [5, 5.41) is 3.52. The highest BCUT2D eigenvalue weighted by atomic mass is 15.2. The quantitative estimate of drug-likeness (QED) is 0.893. The summed E-state index contributed by atoms with van der Waals surface area (Å²) >= 11 is 0. The molecule has 0 aromatic heterocycles. The van der Waals surface area contributed by atoms with Crippen LogP contribution in [0.1, 0.15) is 17.9 Å². The zero-order chi connectivity index (χ0) is 13.2. The summed E-state index contributed by atoms with van der Waals surface area (Å²) in [7, 11) is 4.51. The van der Waals surface area contributed by atoms with Crippen LogP contribution in [0.3, 0.4) is 0 Å². The normalized spacial score (nSPS) is 26.7. The number of para-hydroxylation sites is 1. The zero-order valence-corrected chi connectivity index (χ0v) is 12.1. The number of hydrogen-bond donors (Lipinski definition) is 1. The van der Waals surface area contributed by atoms with Gasteiger partial charge in [0.05, 0.1) is 0 Å². The van der Waals surface area contributed by atoms with E-state index in [1.165, 1.54) is 43.9 Å². The third-order valence-corrected chi connectivity index (χ3v) is 4.53. The van der Waals surface area contributed by atoms with Gasteiger partial charge in [-0.2, -0.15) is 0 Å². The maximum Gasteiger partial charge on any atom is 0.0376 e. The third-order valence-electron chi connectivity index (χ3n) is 4.53. The number of fused-ring (bicyclic) bond motifs is 1. The van der Waals surface area contributed by atoms with Gasteiger partial charge < -0.3 is 15.1 Å². The molecule has 1 saturated heterocycles. The molecule has 3 nitrogen and oxygen atoms in total. The molecule has 2 heterocycles. The lowest BCUT2D eigenvalue weighted by molar-refractivity contribution is 0.263. The highest BCUT2D eigenvalue weighted by Crippen LogP contribution is 2.31. The lowest BCUT2D eigenvalue weighted by atomic mass is 10.00. The van der Waals surface area contributed by atoms with Crippen molar-refractivity contribution in [2.45, 2.75) is 12.3 Å². The molecule has 1 aromatic carbocycles. The Labute approximate surface area is 116 Å². The Morgan fingerprint density at radius 3 is 2.95 bits per heavy atom. The molecule has 0 saturated carbocycles. The number of anilines is 1. The summed E-state index contributed by atoms with van der Waals surface area (Å²) in [5.41, 5.74) is 2.83. The van der Waals surface area contributed by atoms with E-state index in [0.717, 1.165) is 12.5 Å². The standard InChI is InChI=1S/C16H25N3/c1-18-8-7-13(10-18)11-19(2)12-14-9-17-16-6-4-3-5-15(14)16/h3-6,13-14,17H,7-12H2,1-2H3. The smallest absolute Gasteiger partial charge is 0.0376 e. The van der Waals surface area contributed by atoms with Gasteiger partial charge in [0.15, 0.2) is 0 Å². The fourth-order valence-corrected chi connectivity index (χ4v) is 3.59. The van der Waals surface area contributed by atoms with Crippen LogP contribution in [0.25, 0.3) is 0 Å². The zero-order valence-electron chi connectivity index (χ0n) is 12.1. The summed E-state index contributed by atoms with van der Waals surface area (Å²) < 4.78 is 0. The molecule has 0 radical (unpaired) electrons. The number of benzene rings is 1. The van der Waals surface area contributed by atoms with Gasteiger partial charge >= 0.3 is 0 Å². The lowest BCUT2D eigenvalue weighted by Gasteiger charge is -2.24. The monoisotopic (exact) mass is 259 g/mol. The van der Waals surface area contributed by atoms with Crippen molar-refractivity contribution in [3.05, 3.63) is 29.8 Å². The van der Waals surface area contributed by atoms with Crippen molar-refractivity contribution >= 4 is 5.69 Å². The predicted octanol–water partition coefficient (Wildman–Crippen LogP) is 2.08. The number of likely N-dealkylation sites (tertiary alicyclic amines) is 1. The van der Waals surface area contributed by atoms with E-state index in [1.54, 1.807) is 0 Å². The van der Waals surface area contributed by atoms with Crippen molar-refractivity contribution in [2.75, 3.05) is 52.1 Å². The minimum atomic E-state index is 0.653. The number of hydrogen-bond acceptors (Lipinski definition) is 3. The topological polar surface area (TPSA) is 18.5 Å². The van der Waals surface area contributed by atoms with Crippen LogP contribution < -0.4 is 5.32 Å². The highest BCUT2D eigenvalue weighted by molar-refractivity contribution is 5.57. The van der Waals surface area contributed by atoms with Gasteiger partial charge in [-0.05, 0) is 44.6 Å². The second kappa shape index (κ2) is 5.51. The molecule has 0 bridgehead atoms. The SMILES string of the molecule is CN1CCC(CN(C)CC2CNc3ccccc32)C1. The predicted molar refractivity (Wildman–Crippen MR) is 80.8 cm³/mol. The highest BCUT2D eigenvalue weighted by Gasteiger charge is 2.25. The average molecular weight is 259 g/mol. The van der Waals surface area contributed by atoms with Crippen LogP contribution in [0, 0.1) is 5.92 Å². The average Bonchev–Trinajstić information content (AvgIpc) is 2.97. The fourth-order valence-electron chi connectivity index (χ4n) is 3.59. The Morgan fingerprint density at radius 1 is 1.32 bits per heavy atom. The largest absolute Gasteiger partial charge is 0.384 e. The Hall–Kier alpha value is -1.06. The summed E-state index contributed by atoms with van der Waals surface area (Å²) in [6.45, 7) is 6.04. The van der Waals surface area contributed by atoms with Gasteiger partial charge in [-0.25, -0.2) is 0 Å². The van der Waals surface area contributed by atoms with Crippen LogP contribution in [0.2, 0.25) is 0 Å². The molecule has 3 heteroatoms. The van der Waals surface area contributed by atoms with Crippen LogP contribution in [0.5, 0.6) is 0 Å². The molecule has 2 unspecified atom stereocenters. The van der Waals surface area contributed by atoms with Crippen molar-refractivity contribution in [1.82, 2.24) is 9.80 Å². The van der Waals surface area contributed by atoms with Crippen LogP contribution in [0.15, 0.2) is 24.3 Å². The Kier molecular flexibility index (Phi) is 3.76. The summed E-state index contributed by atoms with van der Waals surface area (Å²) in [6, 6.07) is 8.75. The van der Waals surface area contributed by atoms with E-state index in [9.17, 15) is 0 Å². The van der Waals surface area contributed by atoms with Crippen molar-refractivity contribution in [2.24, 2.45) is 5.92 Å². The van der Waals surface area contributed by atoms with Crippen molar-refractivity contribution < 1.29 is 0 Å². The van der Waals surface area contributed by atoms with E-state index in [2.05, 4.69) is 53.5 Å². The van der Waals surface area contributed by atoms with Gasteiger partial charge in [-0.3, -0.25) is 0 Å². The van der Waals surface area contributed by atoms with E-state index in [0.29, 0.717) is 5.92 Å². The Balaban J connectivity index is 1.54. The van der Waals surface area contributed by atoms with E-state index < -0.39 is 0 Å². The van der Waals surface area contributed by atoms with Gasteiger partial charge in [-0.15, -0.1) is 0 Å². The number of nitrogens with zero attached hydrogens (tertiary/aromatic N) is 2. The summed E-state index contributed by atoms with van der Waals surface area (Å²) in [6.07, 6.45) is 1.36. The summed E-state index contributed by atoms with van der Waals surface area (Å²) in [5.74, 6) is 1.51. The maximum atomic E-state index is 3.52. The number of likely N-dealkylation sites (N-methyl/N-ethyl adjacent to an activating group) is 1. The fraction of sp³-hybridized carbons (Fsp3) is 0.625. The van der Waals surface area contributed by atoms with Gasteiger partial charge in [-0.1, -0.05) is 18.2 Å². The van der Waals surface area contributed by atoms with Crippen LogP contribution in [0.4, 0.5) is 5.69 Å². The van der Waals surface area contributed by atoms with Gasteiger partial charge in [0.25, 0.3) is 0 Å². The molecule has 104 valence electrons. The minimum absolute atomic E-state index is 0.653. The van der Waals surface area contributed by atoms with E-state index in [4.69, 9.17) is 0 Å². The maximum absolute atomic E-state index is 3.52. The van der Waals surface area contributed by atoms with Crippen molar-refractivity contribution in [3.63, 3.8) is 0 Å². The molecule has 2 aliphatic heterocycles. The first-order valence-electron chi connectivity index (χ1n) is 7.42. The third kappa shape index (κ3) is 2.93. The van der Waals surface area contributed by atoms with Crippen LogP contribution >= 0.6 is 0 Å². The molecule has 1 N–H and O–H groups in total. The van der Waals surface area contributed by atoms with Crippen molar-refractivity contribution in [1.29, 1.82) is 0 Å². The molecular weight excluding hydrogens is 234 g/mol. The van der Waals surface area contributed by atoms with Crippen LogP contribution in [-0.2, 0) is 0 Å². The molecule has 3 rings (SSSR count). The first kappa shape index (κ1) is 12.9. The molecule has 19 heavy (non-hydrogen) atoms.